The lowest BCUT2D eigenvalue weighted by Crippen LogP contribution is -1.97. The lowest BCUT2D eigenvalue weighted by Gasteiger charge is -2.02. The maximum atomic E-state index is 4.53. The lowest BCUT2D eigenvalue weighted by molar-refractivity contribution is 0.976. The molecule has 0 unspecified atom stereocenters. The second-order valence-corrected chi connectivity index (χ2v) is 5.85. The molecule has 102 valence electrons. The topological polar surface area (TPSA) is 37.8 Å². The molecule has 2 aromatic heterocycles. The Kier molecular flexibility index (Phi) is 3.65. The molecule has 0 aliphatic heterocycles. The van der Waals surface area contributed by atoms with Crippen molar-refractivity contribution >= 4 is 27.4 Å². The van der Waals surface area contributed by atoms with Gasteiger partial charge in [0.15, 0.2) is 5.13 Å². The number of aromatic nitrogens is 2. The third kappa shape index (κ3) is 2.65. The fourth-order valence-electron chi connectivity index (χ4n) is 2.10. The van der Waals surface area contributed by atoms with Crippen molar-refractivity contribution < 1.29 is 0 Å². The minimum atomic E-state index is 0.966. The summed E-state index contributed by atoms with van der Waals surface area (Å²) >= 11 is 1.70. The molecular weight excluding hydrogens is 266 g/mol. The van der Waals surface area contributed by atoms with Crippen LogP contribution in [0.5, 0.6) is 0 Å². The summed E-state index contributed by atoms with van der Waals surface area (Å²) in [6.07, 6.45) is 3.04. The first-order valence-electron chi connectivity index (χ1n) is 6.84. The summed E-state index contributed by atoms with van der Waals surface area (Å²) in [4.78, 5) is 10.1. The van der Waals surface area contributed by atoms with E-state index in [1.165, 1.54) is 15.8 Å². The highest BCUT2D eigenvalue weighted by Crippen LogP contribution is 2.30. The molecule has 3 nitrogen and oxygen atoms in total. The molecule has 0 amide bonds. The number of benzene rings is 1. The predicted molar refractivity (Wildman–Crippen MR) is 86.4 cm³/mol. The van der Waals surface area contributed by atoms with Crippen molar-refractivity contribution in [2.45, 2.75) is 20.3 Å². The fraction of sp³-hybridized carbons (Fsp3) is 0.250. The molecule has 3 rings (SSSR count). The van der Waals surface area contributed by atoms with E-state index in [-0.39, 0.29) is 0 Å². The van der Waals surface area contributed by atoms with Gasteiger partial charge >= 0.3 is 0 Å². The average Bonchev–Trinajstić information content (AvgIpc) is 2.93. The van der Waals surface area contributed by atoms with Gasteiger partial charge in [0.2, 0.25) is 0 Å². The van der Waals surface area contributed by atoms with Crippen LogP contribution >= 0.6 is 11.3 Å². The zero-order valence-electron chi connectivity index (χ0n) is 11.7. The van der Waals surface area contributed by atoms with Gasteiger partial charge in [0.25, 0.3) is 0 Å². The molecule has 0 bridgehead atoms. The first kappa shape index (κ1) is 13.1. The molecule has 0 saturated carbocycles. The summed E-state index contributed by atoms with van der Waals surface area (Å²) in [5.41, 5.74) is 3.29. The van der Waals surface area contributed by atoms with Crippen molar-refractivity contribution in [2.24, 2.45) is 0 Å². The summed E-state index contributed by atoms with van der Waals surface area (Å²) in [6.45, 7) is 5.13. The van der Waals surface area contributed by atoms with Gasteiger partial charge in [-0.15, -0.1) is 0 Å². The second kappa shape index (κ2) is 5.59. The first-order chi connectivity index (χ1) is 9.76. The number of thiazole rings is 1. The zero-order valence-corrected chi connectivity index (χ0v) is 12.5. The van der Waals surface area contributed by atoms with Crippen molar-refractivity contribution in [1.82, 2.24) is 9.97 Å². The SMILES string of the molecule is CCCNc1ncc(-c2ccc3nc(C)ccc3c2)s1. The minimum absolute atomic E-state index is 0.966. The van der Waals surface area contributed by atoms with E-state index in [9.17, 15) is 0 Å². The average molecular weight is 283 g/mol. The summed E-state index contributed by atoms with van der Waals surface area (Å²) in [5, 5.41) is 5.48. The smallest absolute Gasteiger partial charge is 0.183 e. The Hall–Kier alpha value is -1.94. The molecule has 1 N–H and O–H groups in total. The van der Waals surface area contributed by atoms with Gasteiger partial charge in [-0.2, -0.15) is 0 Å². The van der Waals surface area contributed by atoms with Crippen LogP contribution in [0.3, 0.4) is 0 Å². The van der Waals surface area contributed by atoms with Gasteiger partial charge in [-0.3, -0.25) is 4.98 Å². The third-order valence-corrected chi connectivity index (χ3v) is 4.15. The Morgan fingerprint density at radius 1 is 1.20 bits per heavy atom. The summed E-state index contributed by atoms with van der Waals surface area (Å²) < 4.78 is 0. The molecule has 2 heterocycles. The molecular formula is C16H17N3S. The molecule has 4 heteroatoms. The second-order valence-electron chi connectivity index (χ2n) is 4.82. The van der Waals surface area contributed by atoms with Gasteiger partial charge in [0, 0.05) is 23.8 Å². The Labute approximate surface area is 122 Å². The number of hydrogen-bond donors (Lipinski definition) is 1. The van der Waals surface area contributed by atoms with E-state index >= 15 is 0 Å². The fourth-order valence-corrected chi connectivity index (χ4v) is 2.94. The molecule has 0 aliphatic rings. The van der Waals surface area contributed by atoms with E-state index < -0.39 is 0 Å². The van der Waals surface area contributed by atoms with Crippen LogP contribution < -0.4 is 5.32 Å². The molecule has 0 spiro atoms. The maximum Gasteiger partial charge on any atom is 0.183 e. The highest BCUT2D eigenvalue weighted by molar-refractivity contribution is 7.18. The predicted octanol–water partition coefficient (Wildman–Crippen LogP) is 4.49. The number of nitrogens with zero attached hydrogens (tertiary/aromatic N) is 2. The van der Waals surface area contributed by atoms with E-state index in [2.05, 4.69) is 46.5 Å². The van der Waals surface area contributed by atoms with Crippen molar-refractivity contribution in [3.8, 4) is 10.4 Å². The van der Waals surface area contributed by atoms with E-state index in [4.69, 9.17) is 0 Å². The van der Waals surface area contributed by atoms with Crippen molar-refractivity contribution in [3.63, 3.8) is 0 Å². The van der Waals surface area contributed by atoms with Crippen LogP contribution in [0.4, 0.5) is 5.13 Å². The largest absolute Gasteiger partial charge is 0.362 e. The molecule has 0 atom stereocenters. The number of anilines is 1. The quantitative estimate of drug-likeness (QED) is 0.766. The first-order valence-corrected chi connectivity index (χ1v) is 7.65. The summed E-state index contributed by atoms with van der Waals surface area (Å²) in [7, 11) is 0. The van der Waals surface area contributed by atoms with Crippen molar-refractivity contribution in [3.05, 3.63) is 42.2 Å². The van der Waals surface area contributed by atoms with E-state index in [1.807, 2.05) is 19.2 Å². The van der Waals surface area contributed by atoms with Gasteiger partial charge < -0.3 is 5.32 Å². The normalized spacial score (nSPS) is 10.9. The van der Waals surface area contributed by atoms with Gasteiger partial charge in [-0.1, -0.05) is 30.4 Å². The molecule has 0 saturated heterocycles. The number of pyridine rings is 1. The number of aryl methyl sites for hydroxylation is 1. The van der Waals surface area contributed by atoms with Crippen molar-refractivity contribution in [2.75, 3.05) is 11.9 Å². The molecule has 3 aromatic rings. The maximum absolute atomic E-state index is 4.53. The van der Waals surface area contributed by atoms with Crippen LogP contribution in [-0.4, -0.2) is 16.5 Å². The number of hydrogen-bond acceptors (Lipinski definition) is 4. The molecule has 0 radical (unpaired) electrons. The van der Waals surface area contributed by atoms with Gasteiger partial charge in [-0.25, -0.2) is 4.98 Å². The minimum Gasteiger partial charge on any atom is -0.362 e. The molecule has 0 aliphatic carbocycles. The van der Waals surface area contributed by atoms with Gasteiger partial charge in [0.1, 0.15) is 0 Å². The Bertz CT molecular complexity index is 733. The zero-order chi connectivity index (χ0) is 13.9. The Balaban J connectivity index is 1.93. The van der Waals surface area contributed by atoms with Crippen LogP contribution in [0.15, 0.2) is 36.5 Å². The highest BCUT2D eigenvalue weighted by atomic mass is 32.1. The number of fused-ring (bicyclic) bond motifs is 1. The Morgan fingerprint density at radius 3 is 2.95 bits per heavy atom. The van der Waals surface area contributed by atoms with Crippen molar-refractivity contribution in [1.29, 1.82) is 0 Å². The number of nitrogens with one attached hydrogen (secondary N) is 1. The van der Waals surface area contributed by atoms with E-state index in [0.717, 1.165) is 29.3 Å². The molecule has 0 fully saturated rings. The van der Waals surface area contributed by atoms with Crippen LogP contribution in [0.2, 0.25) is 0 Å². The summed E-state index contributed by atoms with van der Waals surface area (Å²) in [6, 6.07) is 10.5. The monoisotopic (exact) mass is 283 g/mol. The third-order valence-electron chi connectivity index (χ3n) is 3.14. The van der Waals surface area contributed by atoms with E-state index in [1.54, 1.807) is 11.3 Å². The molecule has 1 aromatic carbocycles. The van der Waals surface area contributed by atoms with E-state index in [0.29, 0.717) is 0 Å². The van der Waals surface area contributed by atoms with Gasteiger partial charge in [0.05, 0.1) is 10.4 Å². The number of rotatable bonds is 4. The Morgan fingerprint density at radius 2 is 2.10 bits per heavy atom. The lowest BCUT2D eigenvalue weighted by atomic mass is 10.1. The van der Waals surface area contributed by atoms with Crippen LogP contribution in [0, 0.1) is 6.92 Å². The van der Waals surface area contributed by atoms with Crippen LogP contribution in [0.1, 0.15) is 19.0 Å². The summed E-state index contributed by atoms with van der Waals surface area (Å²) in [5.74, 6) is 0. The van der Waals surface area contributed by atoms with Crippen LogP contribution in [0.25, 0.3) is 21.3 Å². The standard InChI is InChI=1S/C16H17N3S/c1-3-8-17-16-18-10-15(20-16)13-6-7-14-12(9-13)5-4-11(2)19-14/h4-7,9-10H,3,8H2,1-2H3,(H,17,18). The van der Waals surface area contributed by atoms with Gasteiger partial charge in [-0.05, 0) is 37.1 Å². The van der Waals surface area contributed by atoms with Crippen LogP contribution in [-0.2, 0) is 0 Å². The molecule has 20 heavy (non-hydrogen) atoms. The highest BCUT2D eigenvalue weighted by Gasteiger charge is 2.05.